The summed E-state index contributed by atoms with van der Waals surface area (Å²) < 4.78 is 0. The second-order valence-electron chi connectivity index (χ2n) is 6.29. The zero-order valence-corrected chi connectivity index (χ0v) is 14.7. The number of hydrogen-bond donors (Lipinski definition) is 1. The highest BCUT2D eigenvalue weighted by atomic mass is 16.4. The van der Waals surface area contributed by atoms with Gasteiger partial charge in [-0.15, -0.1) is 0 Å². The van der Waals surface area contributed by atoms with Gasteiger partial charge in [-0.05, 0) is 25.0 Å². The van der Waals surface area contributed by atoms with Gasteiger partial charge >= 0.3 is 5.97 Å². The van der Waals surface area contributed by atoms with Gasteiger partial charge in [0.2, 0.25) is 0 Å². The zero-order valence-electron chi connectivity index (χ0n) is 14.7. The first kappa shape index (κ1) is 19.5. The minimum Gasteiger partial charge on any atom is -0.481 e. The molecule has 1 rings (SSSR count). The van der Waals surface area contributed by atoms with Crippen LogP contribution in [0, 0.1) is 0 Å². The summed E-state index contributed by atoms with van der Waals surface area (Å²) in [7, 11) is 0. The highest BCUT2D eigenvalue weighted by Crippen LogP contribution is 2.16. The lowest BCUT2D eigenvalue weighted by Crippen LogP contribution is -2.26. The lowest BCUT2D eigenvalue weighted by atomic mass is 10.1. The van der Waals surface area contributed by atoms with E-state index in [2.05, 4.69) is 24.0 Å². The molecule has 0 saturated carbocycles. The summed E-state index contributed by atoms with van der Waals surface area (Å²) in [6.45, 7) is 4.11. The Bertz CT molecular complexity index is 405. The van der Waals surface area contributed by atoms with E-state index in [0.29, 0.717) is 6.42 Å². The Labute approximate surface area is 141 Å². The molecule has 0 saturated heterocycles. The van der Waals surface area contributed by atoms with Crippen molar-refractivity contribution in [3.63, 3.8) is 0 Å². The third-order valence-electron chi connectivity index (χ3n) is 4.22. The van der Waals surface area contributed by atoms with Crippen LogP contribution in [0.15, 0.2) is 30.3 Å². The van der Waals surface area contributed by atoms with Gasteiger partial charge in [0.25, 0.3) is 0 Å². The van der Waals surface area contributed by atoms with E-state index < -0.39 is 5.97 Å². The number of benzene rings is 1. The maximum atomic E-state index is 10.7. The normalized spacial score (nSPS) is 10.7. The van der Waals surface area contributed by atoms with Crippen molar-refractivity contribution >= 4 is 11.7 Å². The van der Waals surface area contributed by atoms with Gasteiger partial charge in [0, 0.05) is 25.2 Å². The van der Waals surface area contributed by atoms with Gasteiger partial charge in [-0.2, -0.15) is 0 Å². The monoisotopic (exact) mass is 319 g/mol. The molecule has 0 bridgehead atoms. The van der Waals surface area contributed by atoms with Crippen LogP contribution in [0.5, 0.6) is 0 Å². The van der Waals surface area contributed by atoms with Crippen LogP contribution in [-0.2, 0) is 4.79 Å². The topological polar surface area (TPSA) is 40.5 Å². The molecule has 0 amide bonds. The summed E-state index contributed by atoms with van der Waals surface area (Å²) in [5.41, 5.74) is 1.21. The van der Waals surface area contributed by atoms with E-state index in [-0.39, 0.29) is 6.42 Å². The van der Waals surface area contributed by atoms with E-state index in [1.165, 1.54) is 57.1 Å². The lowest BCUT2D eigenvalue weighted by molar-refractivity contribution is -0.137. The number of para-hydroxylation sites is 1. The van der Waals surface area contributed by atoms with E-state index >= 15 is 0 Å². The van der Waals surface area contributed by atoms with Crippen molar-refractivity contribution in [2.75, 3.05) is 18.0 Å². The molecule has 0 aliphatic carbocycles. The first-order chi connectivity index (χ1) is 11.2. The van der Waals surface area contributed by atoms with Crippen LogP contribution in [0.1, 0.15) is 71.1 Å². The number of rotatable bonds is 14. The van der Waals surface area contributed by atoms with Crippen LogP contribution in [0.3, 0.4) is 0 Å². The number of carboxylic acids is 1. The molecule has 23 heavy (non-hydrogen) atoms. The first-order valence-electron chi connectivity index (χ1n) is 9.26. The quantitative estimate of drug-likeness (QED) is 0.460. The molecule has 130 valence electrons. The average Bonchev–Trinajstić information content (AvgIpc) is 2.56. The van der Waals surface area contributed by atoms with Gasteiger partial charge in [-0.1, -0.05) is 70.1 Å². The lowest BCUT2D eigenvalue weighted by Gasteiger charge is -2.24. The van der Waals surface area contributed by atoms with Crippen LogP contribution < -0.4 is 4.90 Å². The Balaban J connectivity index is 2.25. The molecule has 0 spiro atoms. The van der Waals surface area contributed by atoms with Crippen LogP contribution in [0.2, 0.25) is 0 Å². The van der Waals surface area contributed by atoms with E-state index in [9.17, 15) is 4.79 Å². The molecule has 0 radical (unpaired) electrons. The highest BCUT2D eigenvalue weighted by Gasteiger charge is 2.07. The zero-order chi connectivity index (χ0) is 16.8. The van der Waals surface area contributed by atoms with E-state index in [1.54, 1.807) is 0 Å². The van der Waals surface area contributed by atoms with Gasteiger partial charge in [-0.25, -0.2) is 0 Å². The van der Waals surface area contributed by atoms with E-state index in [4.69, 9.17) is 5.11 Å². The third kappa shape index (κ3) is 9.98. The van der Waals surface area contributed by atoms with Crippen molar-refractivity contribution in [1.29, 1.82) is 0 Å². The fraction of sp³-hybridized carbons (Fsp3) is 0.650. The predicted octanol–water partition coefficient (Wildman–Crippen LogP) is 5.50. The number of anilines is 1. The fourth-order valence-corrected chi connectivity index (χ4v) is 2.87. The molecular formula is C20H33NO2. The molecular weight excluding hydrogens is 286 g/mol. The molecule has 1 N–H and O–H groups in total. The third-order valence-corrected chi connectivity index (χ3v) is 4.22. The Morgan fingerprint density at radius 2 is 1.43 bits per heavy atom. The number of nitrogens with zero attached hydrogens (tertiary/aromatic N) is 1. The summed E-state index contributed by atoms with van der Waals surface area (Å²) in [6.07, 6.45) is 11.5. The van der Waals surface area contributed by atoms with Crippen LogP contribution in [0.4, 0.5) is 5.69 Å². The molecule has 0 unspecified atom stereocenters. The highest BCUT2D eigenvalue weighted by molar-refractivity contribution is 5.66. The number of unbranched alkanes of at least 4 members (excludes halogenated alkanes) is 7. The minimum absolute atomic E-state index is 0.251. The van der Waals surface area contributed by atoms with Crippen LogP contribution in [-0.4, -0.2) is 24.2 Å². The molecule has 0 heterocycles. The molecule has 0 atom stereocenters. The SMILES string of the molecule is CCCCCCCCCCN(CCCC(=O)O)c1ccccc1. The van der Waals surface area contributed by atoms with Gasteiger partial charge in [-0.3, -0.25) is 4.79 Å². The molecule has 0 aromatic heterocycles. The van der Waals surface area contributed by atoms with E-state index in [0.717, 1.165) is 13.1 Å². The summed E-state index contributed by atoms with van der Waals surface area (Å²) in [6, 6.07) is 10.4. The summed E-state index contributed by atoms with van der Waals surface area (Å²) >= 11 is 0. The van der Waals surface area contributed by atoms with Gasteiger partial charge in [0.1, 0.15) is 0 Å². The molecule has 0 fully saturated rings. The number of hydrogen-bond acceptors (Lipinski definition) is 2. The van der Waals surface area contributed by atoms with Crippen LogP contribution >= 0.6 is 0 Å². The molecule has 0 aliphatic rings. The Morgan fingerprint density at radius 3 is 2.04 bits per heavy atom. The number of carboxylic acid groups (broad SMARTS) is 1. The minimum atomic E-state index is -0.704. The number of aliphatic carboxylic acids is 1. The van der Waals surface area contributed by atoms with Gasteiger partial charge in [0.05, 0.1) is 0 Å². The average molecular weight is 319 g/mol. The standard InChI is InChI=1S/C20H33NO2/c1-2-3-4-5-6-7-8-12-17-21(18-13-16-20(22)23)19-14-10-9-11-15-19/h9-11,14-15H,2-8,12-13,16-18H2,1H3,(H,22,23). The molecule has 3 nitrogen and oxygen atoms in total. The summed E-state index contributed by atoms with van der Waals surface area (Å²) in [5, 5.41) is 8.81. The van der Waals surface area contributed by atoms with E-state index in [1.807, 2.05) is 18.2 Å². The summed E-state index contributed by atoms with van der Waals surface area (Å²) in [5.74, 6) is -0.704. The Hall–Kier alpha value is -1.51. The van der Waals surface area contributed by atoms with Crippen molar-refractivity contribution in [1.82, 2.24) is 0 Å². The van der Waals surface area contributed by atoms with Crippen molar-refractivity contribution in [3.05, 3.63) is 30.3 Å². The number of carbonyl (C=O) groups is 1. The van der Waals surface area contributed by atoms with Crippen molar-refractivity contribution in [3.8, 4) is 0 Å². The fourth-order valence-electron chi connectivity index (χ4n) is 2.87. The first-order valence-corrected chi connectivity index (χ1v) is 9.26. The summed E-state index contributed by atoms with van der Waals surface area (Å²) in [4.78, 5) is 13.0. The molecule has 3 heteroatoms. The van der Waals surface area contributed by atoms with Crippen molar-refractivity contribution in [2.24, 2.45) is 0 Å². The van der Waals surface area contributed by atoms with Crippen molar-refractivity contribution in [2.45, 2.75) is 71.1 Å². The molecule has 1 aromatic rings. The van der Waals surface area contributed by atoms with Crippen LogP contribution in [0.25, 0.3) is 0 Å². The molecule has 1 aromatic carbocycles. The maximum Gasteiger partial charge on any atom is 0.303 e. The van der Waals surface area contributed by atoms with Crippen molar-refractivity contribution < 1.29 is 9.90 Å². The maximum absolute atomic E-state index is 10.7. The second-order valence-corrected chi connectivity index (χ2v) is 6.29. The van der Waals surface area contributed by atoms with Gasteiger partial charge < -0.3 is 10.0 Å². The second kappa shape index (κ2) is 13.0. The smallest absolute Gasteiger partial charge is 0.303 e. The Kier molecular flexibility index (Phi) is 11.0. The largest absolute Gasteiger partial charge is 0.481 e. The molecule has 0 aliphatic heterocycles. The predicted molar refractivity (Wildman–Crippen MR) is 98.1 cm³/mol. The van der Waals surface area contributed by atoms with Gasteiger partial charge in [0.15, 0.2) is 0 Å². The Morgan fingerprint density at radius 1 is 0.870 bits per heavy atom.